The molecule has 0 spiro atoms. The Hall–Kier alpha value is -3.55. The van der Waals surface area contributed by atoms with Gasteiger partial charge < -0.3 is 14.8 Å². The van der Waals surface area contributed by atoms with Gasteiger partial charge in [-0.1, -0.05) is 6.07 Å². The molecule has 0 fully saturated rings. The second-order valence-corrected chi connectivity index (χ2v) is 8.54. The number of hydrogen-bond donors (Lipinski definition) is 1. The minimum Gasteiger partial charge on any atom is -0.491 e. The third-order valence-corrected chi connectivity index (χ3v) is 5.19. The maximum Gasteiger partial charge on any atom is 0.221 e. The lowest BCUT2D eigenvalue weighted by Gasteiger charge is -2.23. The summed E-state index contributed by atoms with van der Waals surface area (Å²) in [6.07, 6.45) is 3.33. The predicted octanol–water partition coefficient (Wildman–Crippen LogP) is 3.79. The highest BCUT2D eigenvalue weighted by molar-refractivity contribution is 6.38. The van der Waals surface area contributed by atoms with Crippen LogP contribution in [0.4, 0.5) is 5.69 Å². The molecule has 34 heavy (non-hydrogen) atoms. The van der Waals surface area contributed by atoms with Gasteiger partial charge in [0.05, 0.1) is 29.7 Å². The summed E-state index contributed by atoms with van der Waals surface area (Å²) in [5, 5.41) is 6.89. The number of rotatable bonds is 8. The Balaban J connectivity index is 1.86. The zero-order valence-corrected chi connectivity index (χ0v) is 20.0. The molecule has 0 aliphatic rings. The molecule has 4 aromatic rings. The van der Waals surface area contributed by atoms with Crippen molar-refractivity contribution < 1.29 is 9.47 Å². The maximum absolute atomic E-state index is 5.89. The summed E-state index contributed by atoms with van der Waals surface area (Å²) >= 11 is 0. The molecule has 0 aliphatic heterocycles. The first-order valence-electron chi connectivity index (χ1n) is 11.0. The number of nitrogens with zero attached hydrogens (tertiary/aromatic N) is 5. The van der Waals surface area contributed by atoms with Crippen LogP contribution in [0.25, 0.3) is 22.3 Å². The summed E-state index contributed by atoms with van der Waals surface area (Å²) in [5.74, 6) is 0.873. The standard InChI is InChI=1S/C24H26B2N6O2/c1-14(2)32-21-19(29-13-16-8-6-10-27-22(16)33-5)12-18(30-20(21)15(3)31-32)17-9-7-11-28-23(17)34-24(4,25)26/h6-12,14H,13H2,1-5H3,(H,29,30). The number of fused-ring (bicyclic) bond motifs is 1. The van der Waals surface area contributed by atoms with E-state index in [-0.39, 0.29) is 6.04 Å². The second-order valence-electron chi connectivity index (χ2n) is 8.54. The van der Waals surface area contributed by atoms with Crippen molar-refractivity contribution in [1.82, 2.24) is 24.7 Å². The first-order chi connectivity index (χ1) is 16.2. The normalized spacial score (nSPS) is 11.7. The molecule has 0 atom stereocenters. The third kappa shape index (κ3) is 4.85. The van der Waals surface area contributed by atoms with Gasteiger partial charge in [0.25, 0.3) is 0 Å². The molecule has 8 nitrogen and oxygen atoms in total. The predicted molar refractivity (Wildman–Crippen MR) is 135 cm³/mol. The molecule has 1 N–H and O–H groups in total. The summed E-state index contributed by atoms with van der Waals surface area (Å²) in [5.41, 5.74) is 5.63. The Morgan fingerprint density at radius 3 is 2.50 bits per heavy atom. The lowest BCUT2D eigenvalue weighted by molar-refractivity contribution is 0.251. The van der Waals surface area contributed by atoms with E-state index in [1.807, 2.05) is 41.9 Å². The van der Waals surface area contributed by atoms with Gasteiger partial charge in [0, 0.05) is 35.9 Å². The lowest BCUT2D eigenvalue weighted by Crippen LogP contribution is -2.33. The topological polar surface area (TPSA) is 87.0 Å². The molecule has 4 aromatic heterocycles. The number of aromatic nitrogens is 5. The fourth-order valence-corrected chi connectivity index (χ4v) is 3.74. The van der Waals surface area contributed by atoms with E-state index in [1.54, 1.807) is 26.4 Å². The highest BCUT2D eigenvalue weighted by atomic mass is 16.5. The monoisotopic (exact) mass is 452 g/mol. The van der Waals surface area contributed by atoms with Gasteiger partial charge in [-0.3, -0.25) is 4.68 Å². The molecule has 4 rings (SSSR count). The fraction of sp³-hybridized carbons (Fsp3) is 0.333. The van der Waals surface area contributed by atoms with Gasteiger partial charge in [0.2, 0.25) is 11.8 Å². The van der Waals surface area contributed by atoms with Crippen molar-refractivity contribution in [2.45, 2.75) is 45.7 Å². The van der Waals surface area contributed by atoms with E-state index in [0.717, 1.165) is 28.0 Å². The SMILES string of the molecule is [B]C([B])(C)Oc1ncccc1-c1cc(NCc2cccnc2OC)c2c(n1)c(C)nn2C(C)C. The van der Waals surface area contributed by atoms with E-state index in [0.29, 0.717) is 29.6 Å². The lowest BCUT2D eigenvalue weighted by atomic mass is 9.67. The quantitative estimate of drug-likeness (QED) is 0.407. The van der Waals surface area contributed by atoms with Crippen LogP contribution in [0.3, 0.4) is 0 Å². The summed E-state index contributed by atoms with van der Waals surface area (Å²) in [6, 6.07) is 9.64. The van der Waals surface area contributed by atoms with E-state index in [2.05, 4.69) is 29.1 Å². The van der Waals surface area contributed by atoms with Gasteiger partial charge in [-0.05, 0) is 52.0 Å². The maximum atomic E-state index is 5.89. The zero-order valence-electron chi connectivity index (χ0n) is 20.0. The van der Waals surface area contributed by atoms with Crippen LogP contribution in [0, 0.1) is 6.92 Å². The van der Waals surface area contributed by atoms with Gasteiger partial charge in [0.15, 0.2) is 0 Å². The Morgan fingerprint density at radius 1 is 1.12 bits per heavy atom. The number of anilines is 1. The molecule has 0 bridgehead atoms. The number of pyridine rings is 3. The molecular formula is C24H26B2N6O2. The van der Waals surface area contributed by atoms with E-state index in [1.165, 1.54) is 0 Å². The van der Waals surface area contributed by atoms with Crippen LogP contribution in [0.15, 0.2) is 42.7 Å². The Kier molecular flexibility index (Phi) is 6.50. The molecule has 0 saturated carbocycles. The van der Waals surface area contributed by atoms with Crippen molar-refractivity contribution in [3.05, 3.63) is 54.0 Å². The highest BCUT2D eigenvalue weighted by Gasteiger charge is 2.21. The van der Waals surface area contributed by atoms with Crippen LogP contribution >= 0.6 is 0 Å². The van der Waals surface area contributed by atoms with Crippen molar-refractivity contribution in [2.75, 3.05) is 12.4 Å². The average molecular weight is 452 g/mol. The van der Waals surface area contributed by atoms with Crippen molar-refractivity contribution in [3.63, 3.8) is 0 Å². The Morgan fingerprint density at radius 2 is 1.82 bits per heavy atom. The molecule has 10 heteroatoms. The van der Waals surface area contributed by atoms with Crippen LogP contribution in [-0.2, 0) is 6.54 Å². The van der Waals surface area contributed by atoms with E-state index < -0.39 is 5.40 Å². The second kappa shape index (κ2) is 9.37. The van der Waals surface area contributed by atoms with Gasteiger partial charge in [-0.15, -0.1) is 0 Å². The molecule has 0 aromatic carbocycles. The summed E-state index contributed by atoms with van der Waals surface area (Å²) in [6.45, 7) is 8.18. The number of hydrogen-bond acceptors (Lipinski definition) is 7. The summed E-state index contributed by atoms with van der Waals surface area (Å²) in [7, 11) is 13.4. The first-order valence-corrected chi connectivity index (χ1v) is 11.0. The molecule has 0 aliphatic carbocycles. The highest BCUT2D eigenvalue weighted by Crippen LogP contribution is 2.35. The molecule has 0 saturated heterocycles. The van der Waals surface area contributed by atoms with Crippen molar-refractivity contribution >= 4 is 32.4 Å². The summed E-state index contributed by atoms with van der Waals surface area (Å²) in [4.78, 5) is 13.6. The van der Waals surface area contributed by atoms with Crippen LogP contribution in [0.5, 0.6) is 11.8 Å². The molecule has 4 radical (unpaired) electrons. The van der Waals surface area contributed by atoms with Crippen molar-refractivity contribution in [1.29, 1.82) is 0 Å². The van der Waals surface area contributed by atoms with E-state index in [9.17, 15) is 0 Å². The minimum absolute atomic E-state index is 0.143. The van der Waals surface area contributed by atoms with E-state index in [4.69, 9.17) is 35.2 Å². The fourth-order valence-electron chi connectivity index (χ4n) is 3.74. The van der Waals surface area contributed by atoms with Crippen molar-refractivity contribution in [3.8, 4) is 23.0 Å². The number of aryl methyl sites for hydroxylation is 1. The van der Waals surface area contributed by atoms with Crippen LogP contribution in [0.2, 0.25) is 0 Å². The number of nitrogens with one attached hydrogen (secondary N) is 1. The number of methoxy groups -OCH3 is 1. The number of ether oxygens (including phenoxy) is 2. The van der Waals surface area contributed by atoms with E-state index >= 15 is 0 Å². The molecular weight excluding hydrogens is 426 g/mol. The van der Waals surface area contributed by atoms with Crippen LogP contribution in [-0.4, -0.2) is 52.9 Å². The molecule has 0 unspecified atom stereocenters. The van der Waals surface area contributed by atoms with Gasteiger partial charge in [-0.25, -0.2) is 15.0 Å². The third-order valence-electron chi connectivity index (χ3n) is 5.19. The van der Waals surface area contributed by atoms with Crippen molar-refractivity contribution in [2.24, 2.45) is 0 Å². The molecule has 170 valence electrons. The van der Waals surface area contributed by atoms with Gasteiger partial charge in [0.1, 0.15) is 26.7 Å². The van der Waals surface area contributed by atoms with Crippen LogP contribution in [0.1, 0.15) is 38.1 Å². The average Bonchev–Trinajstić information content (AvgIpc) is 3.14. The Bertz CT molecular complexity index is 1320. The zero-order chi connectivity index (χ0) is 24.5. The van der Waals surface area contributed by atoms with Crippen LogP contribution < -0.4 is 14.8 Å². The Labute approximate surface area is 201 Å². The smallest absolute Gasteiger partial charge is 0.221 e. The van der Waals surface area contributed by atoms with Gasteiger partial charge in [-0.2, -0.15) is 5.10 Å². The largest absolute Gasteiger partial charge is 0.491 e. The minimum atomic E-state index is -1.39. The molecule has 0 amide bonds. The molecule has 4 heterocycles. The summed E-state index contributed by atoms with van der Waals surface area (Å²) < 4.78 is 13.1. The first kappa shape index (κ1) is 23.6. The van der Waals surface area contributed by atoms with Gasteiger partial charge >= 0.3 is 0 Å².